The van der Waals surface area contributed by atoms with E-state index >= 15 is 0 Å². The van der Waals surface area contributed by atoms with Crippen molar-refractivity contribution in [2.24, 2.45) is 0 Å². The molecule has 0 bridgehead atoms. The Kier molecular flexibility index (Phi) is 8.87. The van der Waals surface area contributed by atoms with Gasteiger partial charge in [0.25, 0.3) is 6.71 Å². The molecule has 0 unspecified atom stereocenters. The van der Waals surface area contributed by atoms with Crippen molar-refractivity contribution in [2.75, 3.05) is 9.80 Å². The van der Waals surface area contributed by atoms with Crippen molar-refractivity contribution in [3.63, 3.8) is 0 Å². The van der Waals surface area contributed by atoms with Crippen LogP contribution < -0.4 is 26.2 Å². The van der Waals surface area contributed by atoms with Crippen LogP contribution in [0.15, 0.2) is 72.8 Å². The zero-order valence-electron chi connectivity index (χ0n) is 43.2. The average Bonchev–Trinajstić information content (AvgIpc) is 3.48. The maximum atomic E-state index is 2.73. The fraction of sp³-hybridized carbons (Fsp3) is 0.508. The van der Waals surface area contributed by atoms with Crippen LogP contribution in [-0.4, -0.2) is 6.71 Å². The summed E-state index contributed by atoms with van der Waals surface area (Å²) < 4.78 is 0. The summed E-state index contributed by atoms with van der Waals surface area (Å²) in [4.78, 5) is 5.45. The number of rotatable bonds is 2. The van der Waals surface area contributed by atoms with Crippen molar-refractivity contribution >= 4 is 57.2 Å². The second-order valence-electron chi connectivity index (χ2n) is 27.3. The fourth-order valence-corrected chi connectivity index (χ4v) is 14.0. The molecular formula is C61H77BN2. The molecule has 10 rings (SSSR count). The van der Waals surface area contributed by atoms with Gasteiger partial charge in [-0.15, -0.1) is 0 Å². The Balaban J connectivity index is 1.36. The van der Waals surface area contributed by atoms with Crippen LogP contribution in [0.2, 0.25) is 0 Å². The molecule has 0 saturated heterocycles. The normalized spacial score (nSPS) is 21.1. The van der Waals surface area contributed by atoms with Crippen molar-refractivity contribution in [1.29, 1.82) is 0 Å². The van der Waals surface area contributed by atoms with Gasteiger partial charge in [-0.2, -0.15) is 0 Å². The molecule has 3 aliphatic carbocycles. The summed E-state index contributed by atoms with van der Waals surface area (Å²) in [7, 11) is 0. The van der Waals surface area contributed by atoms with E-state index in [0.717, 1.165) is 12.8 Å². The third-order valence-corrected chi connectivity index (χ3v) is 17.3. The molecule has 5 aliphatic rings. The molecule has 0 spiro atoms. The summed E-state index contributed by atoms with van der Waals surface area (Å²) in [5, 5.41) is 0. The Bertz CT molecular complexity index is 2830. The second kappa shape index (κ2) is 13.0. The summed E-state index contributed by atoms with van der Waals surface area (Å²) in [5.74, 6) is 0. The highest BCUT2D eigenvalue weighted by molar-refractivity contribution is 7.00. The summed E-state index contributed by atoms with van der Waals surface area (Å²) in [6.07, 6.45) is 4.69. The molecule has 3 heteroatoms. The van der Waals surface area contributed by atoms with Crippen LogP contribution in [0.1, 0.15) is 200 Å². The van der Waals surface area contributed by atoms with E-state index in [0.29, 0.717) is 0 Å². The Morgan fingerprint density at radius 3 is 1.45 bits per heavy atom. The molecule has 5 aromatic rings. The Hall–Kier alpha value is -4.24. The predicted octanol–water partition coefficient (Wildman–Crippen LogP) is 14.9. The van der Waals surface area contributed by atoms with E-state index in [1.165, 1.54) is 113 Å². The number of nitrogens with zero attached hydrogens (tertiary/aromatic N) is 2. The largest absolute Gasteiger partial charge is 0.311 e. The summed E-state index contributed by atoms with van der Waals surface area (Å²) in [5.41, 5.74) is 25.9. The van der Waals surface area contributed by atoms with Crippen LogP contribution in [0.3, 0.4) is 0 Å². The van der Waals surface area contributed by atoms with E-state index in [1.54, 1.807) is 0 Å². The molecule has 0 saturated carbocycles. The van der Waals surface area contributed by atoms with Gasteiger partial charge in [0, 0.05) is 34.1 Å². The molecule has 2 nitrogen and oxygen atoms in total. The van der Waals surface area contributed by atoms with Gasteiger partial charge in [0.05, 0.1) is 0 Å². The van der Waals surface area contributed by atoms with Gasteiger partial charge >= 0.3 is 0 Å². The van der Waals surface area contributed by atoms with Crippen LogP contribution in [-0.2, 0) is 43.3 Å². The minimum atomic E-state index is -0.0835. The van der Waals surface area contributed by atoms with Crippen molar-refractivity contribution in [1.82, 2.24) is 0 Å². The lowest BCUT2D eigenvalue weighted by Gasteiger charge is -2.47. The van der Waals surface area contributed by atoms with Gasteiger partial charge in [0.15, 0.2) is 0 Å². The first-order valence-corrected chi connectivity index (χ1v) is 24.8. The van der Waals surface area contributed by atoms with E-state index in [9.17, 15) is 0 Å². The highest BCUT2D eigenvalue weighted by Gasteiger charge is 2.50. The van der Waals surface area contributed by atoms with Crippen molar-refractivity contribution < 1.29 is 0 Å². The van der Waals surface area contributed by atoms with E-state index in [1.807, 2.05) is 0 Å². The van der Waals surface area contributed by atoms with Crippen molar-refractivity contribution in [3.05, 3.63) is 123 Å². The third-order valence-electron chi connectivity index (χ3n) is 17.3. The zero-order valence-corrected chi connectivity index (χ0v) is 43.2. The molecule has 2 aliphatic heterocycles. The van der Waals surface area contributed by atoms with Gasteiger partial charge in [-0.3, -0.25) is 0 Å². The lowest BCUT2D eigenvalue weighted by molar-refractivity contribution is 0.332. The standard InChI is InChI=1S/C61H77BN2/c1-36-26-41-44(57(10,11)25-24-56(41,8)9)32-49(36)64-48-23-20-37(54(2,3)4)27-46(48)62-47-31-43-45(61(18,19)35-60(43,16)17)33-50(47)63(51-28-38(55(5,6)7)29-52(64)53(51)62)39-21-22-40-42(30-39)59(14,15)34-58(40,12)13/h20-23,26-33H,24-25,34-35H2,1-19H3. The van der Waals surface area contributed by atoms with Crippen LogP contribution in [0.4, 0.5) is 34.1 Å². The topological polar surface area (TPSA) is 6.48 Å². The summed E-state index contributed by atoms with van der Waals surface area (Å²) >= 11 is 0. The lowest BCUT2D eigenvalue weighted by atomic mass is 9.33. The first-order chi connectivity index (χ1) is 29.3. The Morgan fingerprint density at radius 2 is 0.875 bits per heavy atom. The van der Waals surface area contributed by atoms with Gasteiger partial charge in [-0.05, 0) is 185 Å². The smallest absolute Gasteiger partial charge is 0.252 e. The molecular weight excluding hydrogens is 771 g/mol. The van der Waals surface area contributed by atoms with E-state index < -0.39 is 0 Å². The monoisotopic (exact) mass is 849 g/mol. The number of hydrogen-bond donors (Lipinski definition) is 0. The molecule has 0 fully saturated rings. The van der Waals surface area contributed by atoms with Gasteiger partial charge in [-0.25, -0.2) is 0 Å². The molecule has 0 radical (unpaired) electrons. The minimum absolute atomic E-state index is 0.00508. The maximum Gasteiger partial charge on any atom is 0.252 e. The van der Waals surface area contributed by atoms with Gasteiger partial charge in [0.1, 0.15) is 0 Å². The predicted molar refractivity (Wildman–Crippen MR) is 279 cm³/mol. The number of hydrogen-bond acceptors (Lipinski definition) is 2. The number of aryl methyl sites for hydroxylation is 1. The average molecular weight is 849 g/mol. The molecule has 0 aromatic heterocycles. The second-order valence-corrected chi connectivity index (χ2v) is 27.3. The molecule has 334 valence electrons. The first kappa shape index (κ1) is 43.6. The van der Waals surface area contributed by atoms with Gasteiger partial charge in [0.2, 0.25) is 0 Å². The summed E-state index contributed by atoms with van der Waals surface area (Å²) in [6.45, 7) is 46.5. The Morgan fingerprint density at radius 1 is 0.406 bits per heavy atom. The quantitative estimate of drug-likeness (QED) is 0.160. The van der Waals surface area contributed by atoms with Crippen LogP contribution >= 0.6 is 0 Å². The van der Waals surface area contributed by atoms with Crippen molar-refractivity contribution in [2.45, 2.75) is 201 Å². The SMILES string of the molecule is Cc1cc2c(cc1N1c3ccc(C(C)(C)C)cc3B3c4cc5c(cc4N(c4ccc6c(c4)C(C)(C)CC6(C)C)c4cc(C(C)(C)C)cc1c43)C(C)(C)CC5(C)C)C(C)(C)CCC2(C)C. The highest BCUT2D eigenvalue weighted by Crippen LogP contribution is 2.56. The first-order valence-electron chi connectivity index (χ1n) is 24.8. The van der Waals surface area contributed by atoms with E-state index in [2.05, 4.69) is 214 Å². The zero-order chi connectivity index (χ0) is 46.4. The van der Waals surface area contributed by atoms with Crippen molar-refractivity contribution in [3.8, 4) is 0 Å². The fourth-order valence-electron chi connectivity index (χ4n) is 14.0. The highest BCUT2D eigenvalue weighted by atomic mass is 15.2. The van der Waals surface area contributed by atoms with Crippen LogP contribution in [0.5, 0.6) is 0 Å². The maximum absolute atomic E-state index is 2.73. The molecule has 0 amide bonds. The molecule has 5 aromatic carbocycles. The number of anilines is 6. The van der Waals surface area contributed by atoms with Gasteiger partial charge in [-0.1, -0.05) is 155 Å². The van der Waals surface area contributed by atoms with Gasteiger partial charge < -0.3 is 9.80 Å². The van der Waals surface area contributed by atoms with Crippen LogP contribution in [0.25, 0.3) is 0 Å². The Labute approximate surface area is 388 Å². The molecule has 0 N–H and O–H groups in total. The minimum Gasteiger partial charge on any atom is -0.311 e. The van der Waals surface area contributed by atoms with E-state index in [-0.39, 0.29) is 50.0 Å². The number of fused-ring (bicyclic) bond motifs is 7. The van der Waals surface area contributed by atoms with Crippen LogP contribution in [0, 0.1) is 6.92 Å². The summed E-state index contributed by atoms with van der Waals surface area (Å²) in [6, 6.07) is 30.8. The molecule has 0 atom stereocenters. The third kappa shape index (κ3) is 6.24. The molecule has 2 heterocycles. The lowest BCUT2D eigenvalue weighted by Crippen LogP contribution is -2.62. The number of benzene rings is 5. The van der Waals surface area contributed by atoms with E-state index in [4.69, 9.17) is 0 Å². The molecule has 64 heavy (non-hydrogen) atoms.